The molecule has 0 radical (unpaired) electrons. The molecule has 0 bridgehead atoms. The maximum Gasteiger partial charge on any atom is 0.289 e. The van der Waals surface area contributed by atoms with E-state index in [2.05, 4.69) is 15.9 Å². The summed E-state index contributed by atoms with van der Waals surface area (Å²) in [6.45, 7) is 2.72. The van der Waals surface area contributed by atoms with Crippen LogP contribution in [0, 0.1) is 6.92 Å². The van der Waals surface area contributed by atoms with E-state index < -0.39 is 0 Å². The number of hydrogen-bond donors (Lipinski definition) is 0. The van der Waals surface area contributed by atoms with Crippen LogP contribution in [0.25, 0.3) is 0 Å². The van der Waals surface area contributed by atoms with Crippen LogP contribution < -0.4 is 0 Å². The first-order valence-electron chi connectivity index (χ1n) is 6.15. The molecule has 1 aliphatic heterocycles. The molecule has 17 heavy (non-hydrogen) atoms. The number of hydrogen-bond acceptors (Lipinski definition) is 2. The fourth-order valence-electron chi connectivity index (χ4n) is 2.39. The molecular weight excluding hydrogens is 282 g/mol. The van der Waals surface area contributed by atoms with Crippen LogP contribution in [0.1, 0.15) is 42.0 Å². The van der Waals surface area contributed by atoms with Crippen LogP contribution in [0.2, 0.25) is 0 Å². The number of alkyl halides is 1. The van der Waals surface area contributed by atoms with E-state index in [1.165, 1.54) is 6.42 Å². The normalized spacial score (nSPS) is 20.6. The average Bonchev–Trinajstić information content (AvgIpc) is 2.76. The van der Waals surface area contributed by atoms with Crippen molar-refractivity contribution in [3.05, 3.63) is 23.7 Å². The van der Waals surface area contributed by atoms with Crippen LogP contribution in [-0.4, -0.2) is 28.7 Å². The molecule has 1 fully saturated rings. The zero-order valence-electron chi connectivity index (χ0n) is 10.1. The molecule has 0 aliphatic carbocycles. The first-order valence-corrected chi connectivity index (χ1v) is 7.28. The average molecular weight is 300 g/mol. The zero-order chi connectivity index (χ0) is 12.3. The van der Waals surface area contributed by atoms with Crippen molar-refractivity contribution in [1.29, 1.82) is 0 Å². The largest absolute Gasteiger partial charge is 0.456 e. The Balaban J connectivity index is 2.10. The molecule has 4 heteroatoms. The topological polar surface area (TPSA) is 33.5 Å². The predicted octanol–water partition coefficient (Wildman–Crippen LogP) is 3.37. The smallest absolute Gasteiger partial charge is 0.289 e. The fourth-order valence-corrected chi connectivity index (χ4v) is 2.91. The number of nitrogens with zero attached hydrogens (tertiary/aromatic N) is 1. The molecule has 94 valence electrons. The molecule has 1 saturated heterocycles. The van der Waals surface area contributed by atoms with Crippen molar-refractivity contribution in [3.8, 4) is 0 Å². The van der Waals surface area contributed by atoms with E-state index in [4.69, 9.17) is 4.42 Å². The molecular formula is C13H18BrNO2. The van der Waals surface area contributed by atoms with Crippen molar-refractivity contribution < 1.29 is 9.21 Å². The van der Waals surface area contributed by atoms with Crippen molar-refractivity contribution >= 4 is 21.8 Å². The number of halogens is 1. The van der Waals surface area contributed by atoms with Gasteiger partial charge in [0.2, 0.25) is 0 Å². The van der Waals surface area contributed by atoms with Gasteiger partial charge in [-0.1, -0.05) is 15.9 Å². The van der Waals surface area contributed by atoms with Gasteiger partial charge in [0.1, 0.15) is 5.76 Å². The van der Waals surface area contributed by atoms with Gasteiger partial charge < -0.3 is 9.32 Å². The Morgan fingerprint density at radius 2 is 2.35 bits per heavy atom. The van der Waals surface area contributed by atoms with Crippen molar-refractivity contribution in [2.24, 2.45) is 0 Å². The van der Waals surface area contributed by atoms with Gasteiger partial charge in [0.25, 0.3) is 5.91 Å². The highest BCUT2D eigenvalue weighted by atomic mass is 79.9. The number of amides is 1. The highest BCUT2D eigenvalue weighted by Gasteiger charge is 2.28. The number of piperidine rings is 1. The number of aryl methyl sites for hydroxylation is 1. The molecule has 0 aromatic carbocycles. The summed E-state index contributed by atoms with van der Waals surface area (Å²) in [5.74, 6) is 1.31. The van der Waals surface area contributed by atoms with Crippen LogP contribution in [0.5, 0.6) is 0 Å². The van der Waals surface area contributed by atoms with Crippen molar-refractivity contribution in [2.75, 3.05) is 11.9 Å². The minimum Gasteiger partial charge on any atom is -0.456 e. The Kier molecular flexibility index (Phi) is 4.26. The summed E-state index contributed by atoms with van der Waals surface area (Å²) in [5, 5.41) is 0.943. The second-order valence-electron chi connectivity index (χ2n) is 4.54. The van der Waals surface area contributed by atoms with Gasteiger partial charge in [0.05, 0.1) is 0 Å². The molecule has 1 aliphatic rings. The molecule has 1 aromatic heterocycles. The minimum atomic E-state index is 0.0451. The maximum absolute atomic E-state index is 12.3. The van der Waals surface area contributed by atoms with Crippen LogP contribution in [0.15, 0.2) is 16.5 Å². The molecule has 0 spiro atoms. The van der Waals surface area contributed by atoms with Gasteiger partial charge >= 0.3 is 0 Å². The second kappa shape index (κ2) is 5.71. The first kappa shape index (κ1) is 12.7. The van der Waals surface area contributed by atoms with Crippen LogP contribution in [0.3, 0.4) is 0 Å². The lowest BCUT2D eigenvalue weighted by atomic mass is 10.00. The van der Waals surface area contributed by atoms with E-state index in [9.17, 15) is 4.79 Å². The Morgan fingerprint density at radius 1 is 1.53 bits per heavy atom. The predicted molar refractivity (Wildman–Crippen MR) is 70.5 cm³/mol. The van der Waals surface area contributed by atoms with Crippen molar-refractivity contribution in [1.82, 2.24) is 4.90 Å². The van der Waals surface area contributed by atoms with E-state index in [0.717, 1.165) is 36.9 Å². The van der Waals surface area contributed by atoms with Gasteiger partial charge in [-0.25, -0.2) is 0 Å². The van der Waals surface area contributed by atoms with Gasteiger partial charge in [-0.05, 0) is 44.7 Å². The van der Waals surface area contributed by atoms with Gasteiger partial charge in [-0.15, -0.1) is 0 Å². The first-order chi connectivity index (χ1) is 8.22. The summed E-state index contributed by atoms with van der Waals surface area (Å²) in [4.78, 5) is 14.3. The van der Waals surface area contributed by atoms with Crippen LogP contribution >= 0.6 is 15.9 Å². The number of carbonyl (C=O) groups excluding carboxylic acids is 1. The van der Waals surface area contributed by atoms with Crippen molar-refractivity contribution in [2.45, 2.75) is 38.6 Å². The standard InChI is InChI=1S/C13H18BrNO2/c1-10-5-6-12(17-10)13(16)15-9-3-2-4-11(15)7-8-14/h5-6,11H,2-4,7-9H2,1H3. The molecule has 1 amide bonds. The Labute approximate surface area is 110 Å². The lowest BCUT2D eigenvalue weighted by Crippen LogP contribution is -2.43. The summed E-state index contributed by atoms with van der Waals surface area (Å²) in [7, 11) is 0. The van der Waals surface area contributed by atoms with Gasteiger partial charge in [0.15, 0.2) is 5.76 Å². The monoisotopic (exact) mass is 299 g/mol. The Hall–Kier alpha value is -0.770. The third-order valence-corrected chi connectivity index (χ3v) is 3.74. The summed E-state index contributed by atoms with van der Waals surface area (Å²) in [6.07, 6.45) is 4.45. The lowest BCUT2D eigenvalue weighted by Gasteiger charge is -2.35. The Bertz CT molecular complexity index is 387. The van der Waals surface area contributed by atoms with E-state index in [1.807, 2.05) is 17.9 Å². The summed E-state index contributed by atoms with van der Waals surface area (Å²) >= 11 is 3.46. The third kappa shape index (κ3) is 2.92. The van der Waals surface area contributed by atoms with E-state index in [1.54, 1.807) is 6.07 Å². The van der Waals surface area contributed by atoms with Crippen molar-refractivity contribution in [3.63, 3.8) is 0 Å². The molecule has 0 saturated carbocycles. The number of likely N-dealkylation sites (tertiary alicyclic amines) is 1. The molecule has 1 unspecified atom stereocenters. The molecule has 1 atom stereocenters. The SMILES string of the molecule is Cc1ccc(C(=O)N2CCCCC2CCBr)o1. The maximum atomic E-state index is 12.3. The quantitative estimate of drug-likeness (QED) is 0.802. The number of carbonyl (C=O) groups is 1. The minimum absolute atomic E-state index is 0.0451. The molecule has 3 nitrogen and oxygen atoms in total. The summed E-state index contributed by atoms with van der Waals surface area (Å²) < 4.78 is 5.42. The van der Waals surface area contributed by atoms with E-state index >= 15 is 0 Å². The van der Waals surface area contributed by atoms with E-state index in [0.29, 0.717) is 11.8 Å². The fraction of sp³-hybridized carbons (Fsp3) is 0.615. The highest BCUT2D eigenvalue weighted by molar-refractivity contribution is 9.09. The molecule has 1 aromatic rings. The summed E-state index contributed by atoms with van der Waals surface area (Å²) in [6, 6.07) is 3.98. The van der Waals surface area contributed by atoms with Gasteiger partial charge in [-0.2, -0.15) is 0 Å². The van der Waals surface area contributed by atoms with Crippen LogP contribution in [0.4, 0.5) is 0 Å². The lowest BCUT2D eigenvalue weighted by molar-refractivity contribution is 0.0576. The van der Waals surface area contributed by atoms with E-state index in [-0.39, 0.29) is 5.91 Å². The number of rotatable bonds is 3. The molecule has 2 rings (SSSR count). The number of furan rings is 1. The molecule has 2 heterocycles. The third-order valence-electron chi connectivity index (χ3n) is 3.28. The Morgan fingerprint density at radius 3 is 3.00 bits per heavy atom. The molecule has 0 N–H and O–H groups in total. The highest BCUT2D eigenvalue weighted by Crippen LogP contribution is 2.23. The van der Waals surface area contributed by atoms with Crippen LogP contribution in [-0.2, 0) is 0 Å². The second-order valence-corrected chi connectivity index (χ2v) is 5.33. The zero-order valence-corrected chi connectivity index (χ0v) is 11.7. The van der Waals surface area contributed by atoms with Gasteiger partial charge in [0, 0.05) is 17.9 Å². The summed E-state index contributed by atoms with van der Waals surface area (Å²) in [5.41, 5.74) is 0. The van der Waals surface area contributed by atoms with Gasteiger partial charge in [-0.3, -0.25) is 4.79 Å².